The molecule has 0 saturated carbocycles. The summed E-state index contributed by atoms with van der Waals surface area (Å²) in [4.78, 5) is 10.6. The monoisotopic (exact) mass is 350 g/mol. The number of likely N-dealkylation sites (tertiary alicyclic amines) is 1. The first-order valence-electron chi connectivity index (χ1n) is 8.60. The lowest BCUT2D eigenvalue weighted by Gasteiger charge is -2.14. The van der Waals surface area contributed by atoms with Crippen molar-refractivity contribution in [2.45, 2.75) is 32.3 Å². The highest BCUT2D eigenvalue weighted by atomic mass is 32.2. The van der Waals surface area contributed by atoms with Gasteiger partial charge in [-0.3, -0.25) is 10.00 Å². The minimum atomic E-state index is -0.212. The first-order chi connectivity index (χ1) is 11.7. The first-order valence-corrected chi connectivity index (χ1v) is 9.76. The van der Waals surface area contributed by atoms with E-state index in [0.717, 1.165) is 43.0 Å². The Bertz CT molecular complexity index is 663. The van der Waals surface area contributed by atoms with Crippen molar-refractivity contribution >= 4 is 28.6 Å². The third kappa shape index (κ3) is 3.99. The molecule has 1 aliphatic heterocycles. The number of nitrogens with two attached hydrogens (primary N) is 1. The van der Waals surface area contributed by atoms with E-state index >= 15 is 0 Å². The van der Waals surface area contributed by atoms with Gasteiger partial charge in [-0.05, 0) is 17.9 Å². The summed E-state index contributed by atoms with van der Waals surface area (Å²) >= 11 is 1.97. The molecule has 0 bridgehead atoms. The Kier molecular flexibility index (Phi) is 5.91. The fourth-order valence-electron chi connectivity index (χ4n) is 3.11. The van der Waals surface area contributed by atoms with Crippen LogP contribution < -0.4 is 5.73 Å². The molecule has 132 valence electrons. The molecular weight excluding hydrogens is 324 g/mol. The van der Waals surface area contributed by atoms with Gasteiger partial charge in [0.25, 0.3) is 0 Å². The summed E-state index contributed by atoms with van der Waals surface area (Å²) in [6, 6.07) is 0. The Morgan fingerprint density at radius 3 is 3.08 bits per heavy atom. The number of rotatable bonds is 8. The van der Waals surface area contributed by atoms with Crippen molar-refractivity contribution in [2.24, 2.45) is 5.92 Å². The Balaban J connectivity index is 1.51. The molecule has 1 saturated heterocycles. The predicted molar refractivity (Wildman–Crippen MR) is 98.0 cm³/mol. The number of β-amino-alcohol motifs (C(OH)–C–C–N with tert-alkyl or cyclic N) is 1. The number of aromatic nitrogens is 4. The third-order valence-electron chi connectivity index (χ3n) is 4.57. The van der Waals surface area contributed by atoms with E-state index < -0.39 is 0 Å². The number of aliphatic hydroxyl groups excluding tert-OH is 1. The van der Waals surface area contributed by atoms with Crippen LogP contribution in [-0.2, 0) is 6.42 Å². The summed E-state index contributed by atoms with van der Waals surface area (Å²) in [5, 5.41) is 17.5. The van der Waals surface area contributed by atoms with Gasteiger partial charge in [0.2, 0.25) is 0 Å². The molecule has 1 aliphatic rings. The molecule has 2 aromatic heterocycles. The largest absolute Gasteiger partial charge is 0.391 e. The quantitative estimate of drug-likeness (QED) is 0.617. The zero-order valence-corrected chi connectivity index (χ0v) is 14.9. The van der Waals surface area contributed by atoms with Crippen LogP contribution in [0, 0.1) is 5.92 Å². The first kappa shape index (κ1) is 17.4. The van der Waals surface area contributed by atoms with Crippen LogP contribution in [-0.4, -0.2) is 67.4 Å². The number of nitrogens with one attached hydrogen (secondary N) is 1. The molecule has 0 amide bonds. The van der Waals surface area contributed by atoms with Crippen molar-refractivity contribution in [1.29, 1.82) is 0 Å². The van der Waals surface area contributed by atoms with Gasteiger partial charge in [-0.2, -0.15) is 16.9 Å². The van der Waals surface area contributed by atoms with E-state index in [1.807, 2.05) is 11.8 Å². The van der Waals surface area contributed by atoms with E-state index in [2.05, 4.69) is 32.0 Å². The maximum atomic E-state index is 10.3. The predicted octanol–water partition coefficient (Wildman–Crippen LogP) is 1.30. The number of thioether (sulfide) groups is 1. The Morgan fingerprint density at radius 1 is 1.38 bits per heavy atom. The zero-order chi connectivity index (χ0) is 16.9. The van der Waals surface area contributed by atoms with Crippen LogP contribution in [0.15, 0.2) is 6.33 Å². The summed E-state index contributed by atoms with van der Waals surface area (Å²) < 4.78 is 0. The molecule has 24 heavy (non-hydrogen) atoms. The van der Waals surface area contributed by atoms with Crippen molar-refractivity contribution in [2.75, 3.05) is 36.9 Å². The van der Waals surface area contributed by atoms with Gasteiger partial charge in [0.1, 0.15) is 11.8 Å². The second-order valence-electron chi connectivity index (χ2n) is 6.42. The number of H-pyrrole nitrogens is 1. The molecule has 3 heterocycles. The average molecular weight is 350 g/mol. The number of hydrogen-bond acceptors (Lipinski definition) is 7. The summed E-state index contributed by atoms with van der Waals surface area (Å²) in [5.74, 6) is 3.03. The number of nitrogen functional groups attached to an aromatic ring is 1. The fourth-order valence-corrected chi connectivity index (χ4v) is 4.40. The van der Waals surface area contributed by atoms with E-state index in [1.165, 1.54) is 24.9 Å². The number of nitrogens with zero attached hydrogens (tertiary/aromatic N) is 4. The highest BCUT2D eigenvalue weighted by Crippen LogP contribution is 2.23. The molecule has 0 unspecified atom stereocenters. The van der Waals surface area contributed by atoms with E-state index in [-0.39, 0.29) is 6.10 Å². The Labute approximate surface area is 146 Å². The van der Waals surface area contributed by atoms with Gasteiger partial charge in [0, 0.05) is 32.0 Å². The van der Waals surface area contributed by atoms with Crippen LogP contribution in [0.25, 0.3) is 11.0 Å². The molecule has 8 heteroatoms. The molecule has 0 aliphatic carbocycles. The number of aromatic amines is 1. The SMILES string of the molecule is CCCCSC[C@H]1CN(CCc2[nH]nc3c(N)ncnc23)C[C@@H]1O. The van der Waals surface area contributed by atoms with Gasteiger partial charge in [-0.1, -0.05) is 13.3 Å². The topological polar surface area (TPSA) is 104 Å². The molecule has 3 rings (SSSR count). The number of fused-ring (bicyclic) bond motifs is 1. The van der Waals surface area contributed by atoms with E-state index in [0.29, 0.717) is 17.3 Å². The van der Waals surface area contributed by atoms with Crippen LogP contribution in [0.4, 0.5) is 5.82 Å². The summed E-state index contributed by atoms with van der Waals surface area (Å²) in [6.07, 6.45) is 4.57. The molecule has 0 radical (unpaired) electrons. The van der Waals surface area contributed by atoms with E-state index in [9.17, 15) is 5.11 Å². The molecule has 0 aromatic carbocycles. The summed E-state index contributed by atoms with van der Waals surface area (Å²) in [5.41, 5.74) is 8.23. The standard InChI is InChI=1S/C16H26N6OS/c1-2-3-6-24-9-11-7-22(8-13(11)23)5-4-12-14-15(21-20-12)16(17)19-10-18-14/h10-11,13,23H,2-9H2,1H3,(H,20,21)(H2,17,18,19)/t11-,13+/m1/s1. The van der Waals surface area contributed by atoms with Gasteiger partial charge in [0.05, 0.1) is 11.8 Å². The minimum absolute atomic E-state index is 0.212. The van der Waals surface area contributed by atoms with Gasteiger partial charge >= 0.3 is 0 Å². The zero-order valence-electron chi connectivity index (χ0n) is 14.1. The van der Waals surface area contributed by atoms with Gasteiger partial charge in [-0.15, -0.1) is 0 Å². The van der Waals surface area contributed by atoms with E-state index in [1.54, 1.807) is 0 Å². The van der Waals surface area contributed by atoms with Crippen LogP contribution in [0.3, 0.4) is 0 Å². The Hall–Kier alpha value is -1.38. The van der Waals surface area contributed by atoms with Crippen LogP contribution >= 0.6 is 11.8 Å². The van der Waals surface area contributed by atoms with Crippen LogP contribution in [0.2, 0.25) is 0 Å². The summed E-state index contributed by atoms with van der Waals surface area (Å²) in [7, 11) is 0. The number of anilines is 1. The maximum Gasteiger partial charge on any atom is 0.155 e. The van der Waals surface area contributed by atoms with Gasteiger partial charge in [0.15, 0.2) is 11.3 Å². The molecule has 0 spiro atoms. The lowest BCUT2D eigenvalue weighted by atomic mass is 10.1. The highest BCUT2D eigenvalue weighted by Gasteiger charge is 2.30. The van der Waals surface area contributed by atoms with Crippen molar-refractivity contribution < 1.29 is 5.11 Å². The van der Waals surface area contributed by atoms with Crippen molar-refractivity contribution in [1.82, 2.24) is 25.1 Å². The van der Waals surface area contributed by atoms with Gasteiger partial charge in [-0.25, -0.2) is 9.97 Å². The number of unbranched alkanes of at least 4 members (excludes halogenated alkanes) is 1. The lowest BCUT2D eigenvalue weighted by molar-refractivity contribution is 0.150. The summed E-state index contributed by atoms with van der Waals surface area (Å²) in [6.45, 7) is 4.81. The van der Waals surface area contributed by atoms with Crippen LogP contribution in [0.1, 0.15) is 25.5 Å². The molecule has 7 nitrogen and oxygen atoms in total. The van der Waals surface area contributed by atoms with Crippen molar-refractivity contribution in [3.63, 3.8) is 0 Å². The molecule has 2 atom stereocenters. The van der Waals surface area contributed by atoms with Gasteiger partial charge < -0.3 is 10.8 Å². The molecule has 4 N–H and O–H groups in total. The van der Waals surface area contributed by atoms with E-state index in [4.69, 9.17) is 5.73 Å². The minimum Gasteiger partial charge on any atom is -0.391 e. The number of aliphatic hydroxyl groups is 1. The second kappa shape index (κ2) is 8.13. The average Bonchev–Trinajstić information content (AvgIpc) is 3.14. The third-order valence-corrected chi connectivity index (χ3v) is 5.81. The second-order valence-corrected chi connectivity index (χ2v) is 7.57. The Morgan fingerprint density at radius 2 is 2.25 bits per heavy atom. The van der Waals surface area contributed by atoms with Crippen molar-refractivity contribution in [3.05, 3.63) is 12.0 Å². The fraction of sp³-hybridized carbons (Fsp3) is 0.688. The highest BCUT2D eigenvalue weighted by molar-refractivity contribution is 7.99. The molecule has 2 aromatic rings. The molecular formula is C16H26N6OS. The van der Waals surface area contributed by atoms with Crippen LogP contribution in [0.5, 0.6) is 0 Å². The lowest BCUT2D eigenvalue weighted by Crippen LogP contribution is -2.24. The molecule has 1 fully saturated rings. The smallest absolute Gasteiger partial charge is 0.155 e. The normalized spacial score (nSPS) is 21.8. The maximum absolute atomic E-state index is 10.3. The van der Waals surface area contributed by atoms with Crippen molar-refractivity contribution in [3.8, 4) is 0 Å². The number of hydrogen-bond donors (Lipinski definition) is 3.